The van der Waals surface area contributed by atoms with E-state index < -0.39 is 10.8 Å². The molecule has 0 radical (unpaired) electrons. The number of aromatic nitrogens is 1. The van der Waals surface area contributed by atoms with Crippen molar-refractivity contribution in [3.05, 3.63) is 28.9 Å². The summed E-state index contributed by atoms with van der Waals surface area (Å²) in [6.07, 6.45) is 2.38. The first-order valence-electron chi connectivity index (χ1n) is 3.93. The molecule has 0 atom stereocenters. The minimum absolute atomic E-state index is 0.125. The number of halogens is 3. The molecular formula is C9H8BrF2NS. The van der Waals surface area contributed by atoms with Gasteiger partial charge in [-0.15, -0.1) is 0 Å². The molecule has 0 aliphatic rings. The topological polar surface area (TPSA) is 15.8 Å². The first kappa shape index (κ1) is 9.98. The van der Waals surface area contributed by atoms with E-state index in [0.29, 0.717) is 5.39 Å². The van der Waals surface area contributed by atoms with E-state index in [9.17, 15) is 7.77 Å². The first-order valence-corrected chi connectivity index (χ1v) is 6.56. The van der Waals surface area contributed by atoms with Crippen LogP contribution in [0.4, 0.5) is 7.77 Å². The minimum atomic E-state index is -3.65. The van der Waals surface area contributed by atoms with Gasteiger partial charge in [0, 0.05) is 27.8 Å². The molecule has 5 heteroatoms. The fraction of sp³-hybridized carbons (Fsp3) is 0.111. The predicted octanol–water partition coefficient (Wildman–Crippen LogP) is 4.49. The normalized spacial score (nSPS) is 13.4. The van der Waals surface area contributed by atoms with Gasteiger partial charge in [0.2, 0.25) is 0 Å². The smallest absolute Gasteiger partial charge is 0.0845 e. The number of rotatable bonds is 1. The Morgan fingerprint density at radius 2 is 2.07 bits per heavy atom. The van der Waals surface area contributed by atoms with Crippen molar-refractivity contribution in [2.45, 2.75) is 4.90 Å². The minimum Gasteiger partial charge on any atom is -0.360 e. The largest absolute Gasteiger partial charge is 0.360 e. The summed E-state index contributed by atoms with van der Waals surface area (Å²) in [7, 11) is -3.65. The number of hydrogen-bond acceptors (Lipinski definition) is 0. The number of fused-ring (bicyclic) bond motifs is 1. The molecule has 2 rings (SSSR count). The lowest BCUT2D eigenvalue weighted by Gasteiger charge is -2.12. The zero-order valence-electron chi connectivity index (χ0n) is 7.35. The van der Waals surface area contributed by atoms with Crippen molar-refractivity contribution in [2.75, 3.05) is 6.26 Å². The molecule has 0 bridgehead atoms. The van der Waals surface area contributed by atoms with Crippen molar-refractivity contribution in [1.82, 2.24) is 4.98 Å². The number of H-pyrrole nitrogens is 1. The summed E-state index contributed by atoms with van der Waals surface area (Å²) in [5.41, 5.74) is 0.739. The van der Waals surface area contributed by atoms with E-state index in [0.717, 1.165) is 16.2 Å². The number of hydrogen-bond donors (Lipinski definition) is 1. The van der Waals surface area contributed by atoms with Crippen LogP contribution in [0.15, 0.2) is 33.8 Å². The van der Waals surface area contributed by atoms with Crippen LogP contribution >= 0.6 is 26.7 Å². The lowest BCUT2D eigenvalue weighted by Crippen LogP contribution is -1.80. The van der Waals surface area contributed by atoms with Crippen LogP contribution in [0.2, 0.25) is 0 Å². The molecule has 0 aliphatic heterocycles. The van der Waals surface area contributed by atoms with Crippen molar-refractivity contribution in [1.29, 1.82) is 0 Å². The molecule has 0 unspecified atom stereocenters. The van der Waals surface area contributed by atoms with Gasteiger partial charge in [-0.25, -0.2) is 0 Å². The molecule has 1 aromatic carbocycles. The van der Waals surface area contributed by atoms with E-state index >= 15 is 0 Å². The summed E-state index contributed by atoms with van der Waals surface area (Å²) >= 11 is 3.29. The van der Waals surface area contributed by atoms with E-state index in [4.69, 9.17) is 0 Å². The zero-order valence-corrected chi connectivity index (χ0v) is 9.75. The van der Waals surface area contributed by atoms with Gasteiger partial charge in [-0.2, -0.15) is 7.77 Å². The highest BCUT2D eigenvalue weighted by Crippen LogP contribution is 2.57. The van der Waals surface area contributed by atoms with Gasteiger partial charge >= 0.3 is 0 Å². The Morgan fingerprint density at radius 3 is 2.71 bits per heavy atom. The summed E-state index contributed by atoms with van der Waals surface area (Å²) in [4.78, 5) is 2.97. The summed E-state index contributed by atoms with van der Waals surface area (Å²) in [5, 5.41) is 0.607. The molecule has 0 saturated heterocycles. The predicted molar refractivity (Wildman–Crippen MR) is 60.0 cm³/mol. The molecule has 14 heavy (non-hydrogen) atoms. The van der Waals surface area contributed by atoms with Gasteiger partial charge in [0.15, 0.2) is 0 Å². The second-order valence-electron chi connectivity index (χ2n) is 3.07. The lowest BCUT2D eigenvalue weighted by atomic mass is 10.2. The van der Waals surface area contributed by atoms with Gasteiger partial charge in [0.1, 0.15) is 0 Å². The third-order valence-electron chi connectivity index (χ3n) is 1.99. The van der Waals surface area contributed by atoms with Gasteiger partial charge in [0.25, 0.3) is 0 Å². The highest BCUT2D eigenvalue weighted by atomic mass is 79.9. The van der Waals surface area contributed by atoms with Crippen LogP contribution in [-0.2, 0) is 0 Å². The summed E-state index contributed by atoms with van der Waals surface area (Å²) in [6, 6.07) is 5.27. The van der Waals surface area contributed by atoms with E-state index in [2.05, 4.69) is 20.9 Å². The average Bonchev–Trinajstić information content (AvgIpc) is 2.45. The van der Waals surface area contributed by atoms with Gasteiger partial charge in [-0.1, -0.05) is 22.0 Å². The van der Waals surface area contributed by atoms with Crippen molar-refractivity contribution in [2.24, 2.45) is 0 Å². The maximum absolute atomic E-state index is 13.2. The Morgan fingerprint density at radius 1 is 1.36 bits per heavy atom. The second kappa shape index (κ2) is 3.24. The fourth-order valence-electron chi connectivity index (χ4n) is 1.37. The molecule has 1 heterocycles. The van der Waals surface area contributed by atoms with Crippen molar-refractivity contribution in [3.63, 3.8) is 0 Å². The Kier molecular flexibility index (Phi) is 2.31. The molecule has 0 aliphatic carbocycles. The third kappa shape index (κ3) is 1.66. The maximum atomic E-state index is 13.2. The number of benzene rings is 1. The molecule has 76 valence electrons. The van der Waals surface area contributed by atoms with Crippen LogP contribution in [-0.4, -0.2) is 11.2 Å². The Labute approximate surface area is 90.5 Å². The molecular weight excluding hydrogens is 272 g/mol. The van der Waals surface area contributed by atoms with Crippen LogP contribution in [0.25, 0.3) is 10.9 Å². The fourth-order valence-corrected chi connectivity index (χ4v) is 2.56. The summed E-state index contributed by atoms with van der Waals surface area (Å²) in [5.74, 6) is 0. The number of aromatic amines is 1. The van der Waals surface area contributed by atoms with Crippen LogP contribution in [0.5, 0.6) is 0 Å². The summed E-state index contributed by atoms with van der Waals surface area (Å²) in [6.45, 7) is 0. The molecule has 1 aromatic heterocycles. The van der Waals surface area contributed by atoms with Crippen LogP contribution in [0.1, 0.15) is 0 Å². The van der Waals surface area contributed by atoms with Gasteiger partial charge in [-0.3, -0.25) is 0 Å². The Balaban J connectivity index is 2.70. The van der Waals surface area contributed by atoms with Crippen LogP contribution in [0.3, 0.4) is 0 Å². The van der Waals surface area contributed by atoms with E-state index in [-0.39, 0.29) is 4.90 Å². The average molecular weight is 280 g/mol. The SMILES string of the molecule is CS(F)(F)c1c[nH]c2cc(Br)ccc12. The van der Waals surface area contributed by atoms with Gasteiger partial charge in [0.05, 0.1) is 15.7 Å². The number of nitrogens with one attached hydrogen (secondary N) is 1. The molecule has 0 spiro atoms. The van der Waals surface area contributed by atoms with Gasteiger partial charge < -0.3 is 4.98 Å². The molecule has 0 saturated carbocycles. The van der Waals surface area contributed by atoms with Crippen LogP contribution in [0, 0.1) is 0 Å². The van der Waals surface area contributed by atoms with Crippen LogP contribution < -0.4 is 0 Å². The highest BCUT2D eigenvalue weighted by Gasteiger charge is 2.22. The van der Waals surface area contributed by atoms with E-state index in [1.54, 1.807) is 18.2 Å². The third-order valence-corrected chi connectivity index (χ3v) is 3.60. The van der Waals surface area contributed by atoms with Crippen molar-refractivity contribution in [3.8, 4) is 0 Å². The molecule has 1 N–H and O–H groups in total. The van der Waals surface area contributed by atoms with E-state index in [1.165, 1.54) is 6.20 Å². The highest BCUT2D eigenvalue weighted by molar-refractivity contribution is 9.10. The first-order chi connectivity index (χ1) is 6.48. The maximum Gasteiger partial charge on any atom is 0.0845 e. The van der Waals surface area contributed by atoms with Crippen molar-refractivity contribution < 1.29 is 7.77 Å². The Bertz CT molecular complexity index is 475. The quantitative estimate of drug-likeness (QED) is 0.792. The molecule has 0 amide bonds. The monoisotopic (exact) mass is 279 g/mol. The summed E-state index contributed by atoms with van der Waals surface area (Å²) < 4.78 is 27.2. The lowest BCUT2D eigenvalue weighted by molar-refractivity contribution is 0.754. The van der Waals surface area contributed by atoms with Crippen molar-refractivity contribution >= 4 is 37.6 Å². The standard InChI is InChI=1S/C9H8BrF2NS/c1-14(11,12)9-5-13-8-4-6(10)2-3-7(8)9/h2-5,13H,1H3. The Hall–Kier alpha value is -0.550. The molecule has 0 fully saturated rings. The zero-order chi connectivity index (χ0) is 10.3. The molecule has 2 aromatic rings. The second-order valence-corrected chi connectivity index (χ2v) is 5.87. The molecule has 1 nitrogen and oxygen atoms in total. The van der Waals surface area contributed by atoms with Gasteiger partial charge in [-0.05, 0) is 12.1 Å². The van der Waals surface area contributed by atoms with E-state index in [1.807, 2.05) is 0 Å².